The second-order valence-electron chi connectivity index (χ2n) is 7.78. The molecule has 3 aliphatic rings. The molecule has 1 heterocycles. The lowest BCUT2D eigenvalue weighted by Crippen LogP contribution is -2.33. The van der Waals surface area contributed by atoms with E-state index in [1.165, 1.54) is 11.1 Å². The molecule has 1 N–H and O–H groups in total. The quantitative estimate of drug-likeness (QED) is 0.451. The molecule has 2 aliphatic carbocycles. The van der Waals surface area contributed by atoms with Crippen LogP contribution in [-0.4, -0.2) is 41.7 Å². The Morgan fingerprint density at radius 2 is 1.72 bits per heavy atom. The second-order valence-corrected chi connectivity index (χ2v) is 7.78. The minimum Gasteiger partial charge on any atom is -0.456 e. The number of nitrogens with one attached hydrogen (secondary N) is 1. The van der Waals surface area contributed by atoms with Crippen LogP contribution in [-0.2, 0) is 36.8 Å². The van der Waals surface area contributed by atoms with E-state index in [0.717, 1.165) is 24.2 Å². The first-order valence-electron chi connectivity index (χ1n) is 10.1. The van der Waals surface area contributed by atoms with E-state index in [9.17, 15) is 19.2 Å². The Morgan fingerprint density at radius 3 is 2.45 bits per heavy atom. The molecule has 29 heavy (non-hydrogen) atoms. The van der Waals surface area contributed by atoms with Crippen LogP contribution in [0, 0.1) is 11.8 Å². The van der Waals surface area contributed by atoms with E-state index >= 15 is 0 Å². The van der Waals surface area contributed by atoms with Crippen molar-refractivity contribution in [2.45, 2.75) is 38.5 Å². The van der Waals surface area contributed by atoms with Crippen molar-refractivity contribution in [1.29, 1.82) is 0 Å². The maximum Gasteiger partial charge on any atom is 0.308 e. The second kappa shape index (κ2) is 8.19. The third-order valence-corrected chi connectivity index (χ3v) is 5.88. The van der Waals surface area contributed by atoms with E-state index in [1.54, 1.807) is 0 Å². The summed E-state index contributed by atoms with van der Waals surface area (Å²) in [5.74, 6) is -2.06. The van der Waals surface area contributed by atoms with Crippen molar-refractivity contribution >= 4 is 29.4 Å². The number of allylic oxidation sites excluding steroid dienone is 2. The van der Waals surface area contributed by atoms with E-state index in [4.69, 9.17) is 4.74 Å². The molecule has 2 atom stereocenters. The van der Waals surface area contributed by atoms with Gasteiger partial charge in [-0.2, -0.15) is 0 Å². The minimum absolute atomic E-state index is 0.00403. The highest BCUT2D eigenvalue weighted by Gasteiger charge is 2.46. The monoisotopic (exact) mass is 396 g/mol. The standard InChI is InChI=1S/C22H24N2O5/c25-19(23-16-9-8-14-4-3-5-15(14)12-16)13-29-20(26)10-11-24-21(27)17-6-1-2-7-18(17)22(24)28/h1-2,8-9,12,17-18H,3-7,10-11,13H2,(H,23,25)/t17-,18-/m0/s1. The maximum atomic E-state index is 12.4. The topological polar surface area (TPSA) is 92.8 Å². The van der Waals surface area contributed by atoms with Gasteiger partial charge in [0.05, 0.1) is 18.3 Å². The molecule has 1 aliphatic heterocycles. The number of amides is 3. The molecule has 1 aromatic rings. The normalized spacial score (nSPS) is 22.4. The number of imide groups is 1. The summed E-state index contributed by atoms with van der Waals surface area (Å²) in [5, 5.41) is 2.73. The summed E-state index contributed by atoms with van der Waals surface area (Å²) < 4.78 is 5.01. The van der Waals surface area contributed by atoms with Crippen LogP contribution in [0.5, 0.6) is 0 Å². The van der Waals surface area contributed by atoms with Crippen LogP contribution >= 0.6 is 0 Å². The highest BCUT2D eigenvalue weighted by Crippen LogP contribution is 2.35. The number of carbonyl (C=O) groups excluding carboxylic acids is 4. The van der Waals surface area contributed by atoms with Crippen LogP contribution in [0.25, 0.3) is 0 Å². The summed E-state index contributed by atoms with van der Waals surface area (Å²) >= 11 is 0. The molecule has 7 heteroatoms. The molecule has 0 saturated carbocycles. The third kappa shape index (κ3) is 4.09. The molecular weight excluding hydrogens is 372 g/mol. The third-order valence-electron chi connectivity index (χ3n) is 5.88. The zero-order chi connectivity index (χ0) is 20.4. The maximum absolute atomic E-state index is 12.4. The van der Waals surface area contributed by atoms with Gasteiger partial charge in [-0.25, -0.2) is 0 Å². The molecule has 0 unspecified atom stereocenters. The van der Waals surface area contributed by atoms with Gasteiger partial charge in [-0.3, -0.25) is 24.1 Å². The molecule has 0 spiro atoms. The first-order chi connectivity index (χ1) is 14.0. The van der Waals surface area contributed by atoms with E-state index in [2.05, 4.69) is 5.32 Å². The van der Waals surface area contributed by atoms with E-state index in [-0.39, 0.29) is 36.6 Å². The Labute approximate surface area is 169 Å². The summed E-state index contributed by atoms with van der Waals surface area (Å²) in [5.41, 5.74) is 3.25. The van der Waals surface area contributed by atoms with Crippen LogP contribution in [0.1, 0.15) is 36.8 Å². The van der Waals surface area contributed by atoms with Gasteiger partial charge in [0.15, 0.2) is 6.61 Å². The molecule has 152 valence electrons. The molecule has 0 radical (unpaired) electrons. The van der Waals surface area contributed by atoms with E-state index in [1.807, 2.05) is 30.4 Å². The Morgan fingerprint density at radius 1 is 1.03 bits per heavy atom. The molecule has 4 rings (SSSR count). The van der Waals surface area contributed by atoms with Crippen molar-refractivity contribution in [2.24, 2.45) is 11.8 Å². The van der Waals surface area contributed by atoms with E-state index < -0.39 is 18.5 Å². The SMILES string of the molecule is O=C(COC(=O)CCN1C(=O)[C@H]2CC=CC[C@@H]2C1=O)Nc1ccc2c(c1)CCC2. The molecule has 1 fully saturated rings. The highest BCUT2D eigenvalue weighted by molar-refractivity contribution is 6.05. The first-order valence-corrected chi connectivity index (χ1v) is 10.1. The van der Waals surface area contributed by atoms with Crippen molar-refractivity contribution in [3.05, 3.63) is 41.5 Å². The predicted molar refractivity (Wildman–Crippen MR) is 105 cm³/mol. The largest absolute Gasteiger partial charge is 0.456 e. The zero-order valence-corrected chi connectivity index (χ0v) is 16.2. The highest BCUT2D eigenvalue weighted by atomic mass is 16.5. The lowest BCUT2D eigenvalue weighted by atomic mass is 9.85. The van der Waals surface area contributed by atoms with Gasteiger partial charge < -0.3 is 10.1 Å². The molecule has 0 bridgehead atoms. The number of anilines is 1. The fourth-order valence-corrected chi connectivity index (χ4v) is 4.36. The van der Waals surface area contributed by atoms with Crippen LogP contribution in [0.15, 0.2) is 30.4 Å². The van der Waals surface area contributed by atoms with Crippen LogP contribution < -0.4 is 5.32 Å². The van der Waals surface area contributed by atoms with Gasteiger partial charge in [0.1, 0.15) is 0 Å². The van der Waals surface area contributed by atoms with Crippen molar-refractivity contribution in [1.82, 2.24) is 4.90 Å². The number of nitrogens with zero attached hydrogens (tertiary/aromatic N) is 1. The smallest absolute Gasteiger partial charge is 0.308 e. The van der Waals surface area contributed by atoms with Crippen LogP contribution in [0.2, 0.25) is 0 Å². The Kier molecular flexibility index (Phi) is 5.47. The van der Waals surface area contributed by atoms with Gasteiger partial charge in [0, 0.05) is 12.2 Å². The molecule has 1 aromatic carbocycles. The molecular formula is C22H24N2O5. The van der Waals surface area contributed by atoms with E-state index in [0.29, 0.717) is 18.5 Å². The molecule has 1 saturated heterocycles. The number of likely N-dealkylation sites (tertiary alicyclic amines) is 1. The first kappa shape index (κ1) is 19.4. The number of hydrogen-bond donors (Lipinski definition) is 1. The Hall–Kier alpha value is -2.96. The Balaban J connectivity index is 1.21. The number of ether oxygens (including phenoxy) is 1. The number of carbonyl (C=O) groups is 4. The van der Waals surface area contributed by atoms with Crippen LogP contribution in [0.4, 0.5) is 5.69 Å². The van der Waals surface area contributed by atoms with Gasteiger partial charge in [-0.05, 0) is 55.4 Å². The van der Waals surface area contributed by atoms with Gasteiger partial charge in [-0.15, -0.1) is 0 Å². The fourth-order valence-electron chi connectivity index (χ4n) is 4.36. The van der Waals surface area contributed by atoms with Crippen LogP contribution in [0.3, 0.4) is 0 Å². The van der Waals surface area contributed by atoms with Crippen molar-refractivity contribution in [3.63, 3.8) is 0 Å². The predicted octanol–water partition coefficient (Wildman–Crippen LogP) is 2.00. The number of aryl methyl sites for hydroxylation is 2. The number of esters is 1. The van der Waals surface area contributed by atoms with Crippen molar-refractivity contribution < 1.29 is 23.9 Å². The average Bonchev–Trinajstić information content (AvgIpc) is 3.28. The summed E-state index contributed by atoms with van der Waals surface area (Å²) in [6.07, 6.45) is 8.08. The summed E-state index contributed by atoms with van der Waals surface area (Å²) in [4.78, 5) is 49.9. The zero-order valence-electron chi connectivity index (χ0n) is 16.2. The number of fused-ring (bicyclic) bond motifs is 2. The van der Waals surface area contributed by atoms with Gasteiger partial charge >= 0.3 is 5.97 Å². The average molecular weight is 396 g/mol. The fraction of sp³-hybridized carbons (Fsp3) is 0.455. The summed E-state index contributed by atoms with van der Waals surface area (Å²) in [6.45, 7) is -0.400. The lowest BCUT2D eigenvalue weighted by Gasteiger charge is -2.14. The van der Waals surface area contributed by atoms with Gasteiger partial charge in [0.25, 0.3) is 5.91 Å². The summed E-state index contributed by atoms with van der Waals surface area (Å²) in [7, 11) is 0. The number of rotatable bonds is 6. The minimum atomic E-state index is -0.609. The summed E-state index contributed by atoms with van der Waals surface area (Å²) in [6, 6.07) is 5.82. The van der Waals surface area contributed by atoms with Gasteiger partial charge in [-0.1, -0.05) is 18.2 Å². The van der Waals surface area contributed by atoms with Crippen molar-refractivity contribution in [2.75, 3.05) is 18.5 Å². The number of hydrogen-bond acceptors (Lipinski definition) is 5. The molecule has 3 amide bonds. The van der Waals surface area contributed by atoms with Gasteiger partial charge in [0.2, 0.25) is 11.8 Å². The van der Waals surface area contributed by atoms with Crippen molar-refractivity contribution in [3.8, 4) is 0 Å². The molecule has 7 nitrogen and oxygen atoms in total. The Bertz CT molecular complexity index is 865. The lowest BCUT2D eigenvalue weighted by molar-refractivity contribution is -0.148. The molecule has 0 aromatic heterocycles. The number of benzene rings is 1.